The molecule has 0 heterocycles. The summed E-state index contributed by atoms with van der Waals surface area (Å²) in [5, 5.41) is 52.0. The van der Waals surface area contributed by atoms with Crippen LogP contribution < -0.4 is 28.4 Å². The summed E-state index contributed by atoms with van der Waals surface area (Å²) in [6, 6.07) is 14.3. The summed E-state index contributed by atoms with van der Waals surface area (Å²) in [6.07, 6.45) is -2.58. The molecule has 0 aromatic heterocycles. The molecule has 0 amide bonds. The van der Waals surface area contributed by atoms with E-state index in [1.54, 1.807) is 42.5 Å². The van der Waals surface area contributed by atoms with Gasteiger partial charge in [0, 0.05) is 6.42 Å². The van der Waals surface area contributed by atoms with Crippen LogP contribution in [-0.2, 0) is 6.42 Å². The smallest absolute Gasteiger partial charge is 0.235 e. The summed E-state index contributed by atoms with van der Waals surface area (Å²) in [4.78, 5) is 0. The minimum absolute atomic E-state index is 0.0775. The fraction of sp³-hybridized carbons (Fsp3) is 0.357. The number of rotatable bonds is 14. The van der Waals surface area contributed by atoms with Gasteiger partial charge in [-0.3, -0.25) is 0 Å². The highest BCUT2D eigenvalue weighted by Gasteiger charge is 2.31. The molecule has 0 fully saturated rings. The Morgan fingerprint density at radius 1 is 0.744 bits per heavy atom. The van der Waals surface area contributed by atoms with Gasteiger partial charge in [-0.2, -0.15) is 0 Å². The molecule has 0 radical (unpaired) electrons. The molecule has 212 valence electrons. The molecule has 3 atom stereocenters. The third-order valence-electron chi connectivity index (χ3n) is 5.98. The van der Waals surface area contributed by atoms with Crippen molar-refractivity contribution in [2.24, 2.45) is 0 Å². The maximum Gasteiger partial charge on any atom is 0.235 e. The Hall–Kier alpha value is -3.90. The summed E-state index contributed by atoms with van der Waals surface area (Å²) in [6.45, 7) is -1.27. The van der Waals surface area contributed by atoms with Crippen LogP contribution >= 0.6 is 0 Å². The molecule has 11 nitrogen and oxygen atoms in total. The monoisotopic (exact) mass is 546 g/mol. The zero-order valence-electron chi connectivity index (χ0n) is 22.2. The molecule has 0 aliphatic carbocycles. The lowest BCUT2D eigenvalue weighted by atomic mass is 10.0. The number of hydrogen-bond acceptors (Lipinski definition) is 11. The molecule has 0 spiro atoms. The molecule has 3 aromatic carbocycles. The maximum absolute atomic E-state index is 11.0. The van der Waals surface area contributed by atoms with Crippen molar-refractivity contribution in [3.05, 3.63) is 65.7 Å². The summed E-state index contributed by atoms with van der Waals surface area (Å²) in [5.74, 6) is -0.946. The molecule has 0 bridgehead atoms. The highest BCUT2D eigenvalue weighted by molar-refractivity contribution is 5.53. The van der Waals surface area contributed by atoms with E-state index in [1.807, 2.05) is 0 Å². The number of ether oxygens (including phenoxy) is 6. The molecule has 0 saturated heterocycles. The lowest BCUT2D eigenvalue weighted by Gasteiger charge is -2.28. The van der Waals surface area contributed by atoms with Crippen molar-refractivity contribution in [3.63, 3.8) is 0 Å². The highest BCUT2D eigenvalue weighted by Crippen LogP contribution is 2.40. The van der Waals surface area contributed by atoms with E-state index in [9.17, 15) is 25.5 Å². The summed E-state index contributed by atoms with van der Waals surface area (Å²) >= 11 is 0. The second-order valence-electron chi connectivity index (χ2n) is 8.58. The van der Waals surface area contributed by atoms with Crippen molar-refractivity contribution in [3.8, 4) is 40.2 Å². The normalized spacial score (nSPS) is 14.1. The number of phenols is 1. The first kappa shape index (κ1) is 29.7. The van der Waals surface area contributed by atoms with Crippen LogP contribution in [0.4, 0.5) is 0 Å². The number of aliphatic hydroxyl groups excluding tert-OH is 3. The number of aromatic hydroxyl groups is 1. The van der Waals surface area contributed by atoms with Crippen LogP contribution in [0.1, 0.15) is 17.2 Å². The Kier molecular flexibility index (Phi) is 10.1. The fourth-order valence-electron chi connectivity index (χ4n) is 3.93. The number of benzene rings is 3. The standard InChI is InChI=1S/C28H34O11/c1-34-19-7-5-6-8-21(19)39-28(33,16-30)14-17-9-10-20(22(11-17)35-2)38-25(15-29)26(31)18-12-23(36-3)27(32)24(13-18)37-4/h5-13,25-26,29-33H,14-16H2,1-4H3. The van der Waals surface area contributed by atoms with E-state index in [2.05, 4.69) is 0 Å². The summed E-state index contributed by atoms with van der Waals surface area (Å²) in [7, 11) is 5.59. The van der Waals surface area contributed by atoms with Gasteiger partial charge in [0.05, 0.1) is 35.0 Å². The zero-order chi connectivity index (χ0) is 28.6. The minimum atomic E-state index is -1.97. The average molecular weight is 547 g/mol. The third kappa shape index (κ3) is 6.95. The van der Waals surface area contributed by atoms with E-state index in [1.165, 1.54) is 40.6 Å². The molecular weight excluding hydrogens is 512 g/mol. The van der Waals surface area contributed by atoms with Crippen LogP contribution in [-0.4, -0.2) is 79.1 Å². The quantitative estimate of drug-likeness (QED) is 0.189. The van der Waals surface area contributed by atoms with E-state index < -0.39 is 31.2 Å². The fourth-order valence-corrected chi connectivity index (χ4v) is 3.93. The van der Waals surface area contributed by atoms with Gasteiger partial charge in [-0.05, 0) is 47.5 Å². The van der Waals surface area contributed by atoms with Gasteiger partial charge in [0.2, 0.25) is 11.5 Å². The first-order valence-corrected chi connectivity index (χ1v) is 11.9. The van der Waals surface area contributed by atoms with Gasteiger partial charge >= 0.3 is 0 Å². The van der Waals surface area contributed by atoms with Crippen LogP contribution in [0.15, 0.2) is 54.6 Å². The van der Waals surface area contributed by atoms with Gasteiger partial charge in [0.15, 0.2) is 40.6 Å². The van der Waals surface area contributed by atoms with Crippen molar-refractivity contribution >= 4 is 0 Å². The molecule has 0 saturated carbocycles. The third-order valence-corrected chi connectivity index (χ3v) is 5.98. The molecule has 11 heteroatoms. The van der Waals surface area contributed by atoms with Crippen molar-refractivity contribution in [1.82, 2.24) is 0 Å². The summed E-state index contributed by atoms with van der Waals surface area (Å²) < 4.78 is 32.5. The predicted octanol–water partition coefficient (Wildman–Crippen LogP) is 2.20. The largest absolute Gasteiger partial charge is 0.502 e. The summed E-state index contributed by atoms with van der Waals surface area (Å²) in [5.41, 5.74) is 0.817. The maximum atomic E-state index is 11.0. The topological polar surface area (TPSA) is 157 Å². The second-order valence-corrected chi connectivity index (χ2v) is 8.58. The van der Waals surface area contributed by atoms with E-state index >= 15 is 0 Å². The molecule has 5 N–H and O–H groups in total. The molecule has 3 unspecified atom stereocenters. The van der Waals surface area contributed by atoms with Gasteiger partial charge in [-0.25, -0.2) is 0 Å². The number of methoxy groups -OCH3 is 4. The van der Waals surface area contributed by atoms with E-state index in [0.29, 0.717) is 11.3 Å². The SMILES string of the molecule is COc1cc(CC(O)(CO)Oc2ccccc2OC)ccc1OC(CO)C(O)c1cc(OC)c(O)c(OC)c1. The minimum Gasteiger partial charge on any atom is -0.502 e. The van der Waals surface area contributed by atoms with Gasteiger partial charge in [-0.1, -0.05) is 18.2 Å². The Bertz CT molecular complexity index is 1210. The Morgan fingerprint density at radius 2 is 1.33 bits per heavy atom. The van der Waals surface area contributed by atoms with Gasteiger partial charge in [-0.15, -0.1) is 0 Å². The first-order chi connectivity index (χ1) is 18.7. The molecule has 3 rings (SSSR count). The van der Waals surface area contributed by atoms with Crippen molar-refractivity contribution in [1.29, 1.82) is 0 Å². The number of phenolic OH excluding ortho intramolecular Hbond substituents is 1. The molecule has 0 aliphatic heterocycles. The molecule has 39 heavy (non-hydrogen) atoms. The second kappa shape index (κ2) is 13.3. The first-order valence-electron chi connectivity index (χ1n) is 11.9. The van der Waals surface area contributed by atoms with Crippen LogP contribution in [0, 0.1) is 0 Å². The van der Waals surface area contributed by atoms with Crippen molar-refractivity contribution < 1.29 is 54.0 Å². The van der Waals surface area contributed by atoms with Crippen LogP contribution in [0.2, 0.25) is 0 Å². The average Bonchev–Trinajstić information content (AvgIpc) is 2.96. The zero-order valence-corrected chi connectivity index (χ0v) is 22.2. The number of hydrogen-bond donors (Lipinski definition) is 5. The Morgan fingerprint density at radius 3 is 1.87 bits per heavy atom. The lowest BCUT2D eigenvalue weighted by molar-refractivity contribution is -0.164. The van der Waals surface area contributed by atoms with Gasteiger partial charge in [0.1, 0.15) is 12.7 Å². The van der Waals surface area contributed by atoms with E-state index in [0.717, 1.165) is 0 Å². The molecule has 3 aromatic rings. The van der Waals surface area contributed by atoms with Crippen LogP contribution in [0.5, 0.6) is 40.2 Å². The molecule has 0 aliphatic rings. The van der Waals surface area contributed by atoms with Crippen LogP contribution in [0.3, 0.4) is 0 Å². The highest BCUT2D eigenvalue weighted by atomic mass is 16.6. The Labute approximate surface area is 226 Å². The van der Waals surface area contributed by atoms with Crippen molar-refractivity contribution in [2.45, 2.75) is 24.4 Å². The van der Waals surface area contributed by atoms with Crippen LogP contribution in [0.25, 0.3) is 0 Å². The number of para-hydroxylation sites is 2. The lowest BCUT2D eigenvalue weighted by Crippen LogP contribution is -2.42. The van der Waals surface area contributed by atoms with Crippen molar-refractivity contribution in [2.75, 3.05) is 41.7 Å². The van der Waals surface area contributed by atoms with E-state index in [-0.39, 0.29) is 46.5 Å². The van der Waals surface area contributed by atoms with E-state index in [4.69, 9.17) is 28.4 Å². The number of aliphatic hydroxyl groups is 4. The predicted molar refractivity (Wildman–Crippen MR) is 140 cm³/mol. The Balaban J connectivity index is 1.82. The van der Waals surface area contributed by atoms with Gasteiger partial charge < -0.3 is 54.0 Å². The molecular formula is C28H34O11. The van der Waals surface area contributed by atoms with Gasteiger partial charge in [0.25, 0.3) is 0 Å².